The monoisotopic (exact) mass is 164 g/mol. The van der Waals surface area contributed by atoms with Crippen LogP contribution in [0.15, 0.2) is 0 Å². The van der Waals surface area contributed by atoms with E-state index in [0.29, 0.717) is 6.79 Å². The van der Waals surface area contributed by atoms with E-state index < -0.39 is 0 Å². The standard InChI is InChI=1S/C3H6O2.3C2H6/c1-2-5-3-4-1;3*1-2/h1-3H2;3*1-2H3. The maximum Gasteiger partial charge on any atom is 0.146 e. The molecule has 0 saturated carbocycles. The predicted octanol–water partition coefficient (Wildman–Crippen LogP) is 3.07. The molecule has 11 heavy (non-hydrogen) atoms. The molecule has 0 amide bonds. The Kier molecular flexibility index (Phi) is 50.8. The van der Waals surface area contributed by atoms with Crippen molar-refractivity contribution in [3.05, 3.63) is 0 Å². The lowest BCUT2D eigenvalue weighted by molar-refractivity contribution is 0.0692. The lowest BCUT2D eigenvalue weighted by atomic mass is 10.8. The lowest BCUT2D eigenvalue weighted by Gasteiger charge is -1.76. The molecular weight excluding hydrogens is 140 g/mol. The van der Waals surface area contributed by atoms with Gasteiger partial charge in [0.15, 0.2) is 0 Å². The van der Waals surface area contributed by atoms with Crippen LogP contribution in [0.2, 0.25) is 0 Å². The third kappa shape index (κ3) is 25.7. The van der Waals surface area contributed by atoms with Gasteiger partial charge in [-0.15, -0.1) is 0 Å². The minimum Gasteiger partial charge on any atom is -0.353 e. The van der Waals surface area contributed by atoms with Crippen molar-refractivity contribution in [3.63, 3.8) is 0 Å². The van der Waals surface area contributed by atoms with E-state index in [1.165, 1.54) is 0 Å². The first-order valence-electron chi connectivity index (χ1n) is 4.65. The molecule has 1 heterocycles. The Labute approximate surface area is 71.9 Å². The molecule has 1 aliphatic heterocycles. The fourth-order valence-electron chi connectivity index (χ4n) is 0.295. The maximum absolute atomic E-state index is 4.72. The van der Waals surface area contributed by atoms with Gasteiger partial charge in [0.2, 0.25) is 0 Å². The van der Waals surface area contributed by atoms with E-state index in [1.807, 2.05) is 41.5 Å². The molecule has 0 aliphatic carbocycles. The predicted molar refractivity (Wildman–Crippen MR) is 50.8 cm³/mol. The van der Waals surface area contributed by atoms with Gasteiger partial charge in [-0.3, -0.25) is 0 Å². The molecule has 0 aromatic heterocycles. The first-order chi connectivity index (χ1) is 5.50. The SMILES string of the molecule is C1COCO1.CC.CC.CC. The molecular formula is C9H24O2. The second kappa shape index (κ2) is 32.6. The first kappa shape index (κ1) is 17.1. The molecule has 0 atom stereocenters. The van der Waals surface area contributed by atoms with Crippen LogP contribution in [0.4, 0.5) is 0 Å². The van der Waals surface area contributed by atoms with Gasteiger partial charge >= 0.3 is 0 Å². The summed E-state index contributed by atoms with van der Waals surface area (Å²) in [6, 6.07) is 0. The highest BCUT2D eigenvalue weighted by atomic mass is 16.7. The summed E-state index contributed by atoms with van der Waals surface area (Å²) < 4.78 is 9.44. The molecule has 0 spiro atoms. The molecule has 0 unspecified atom stereocenters. The summed E-state index contributed by atoms with van der Waals surface area (Å²) in [4.78, 5) is 0. The van der Waals surface area contributed by atoms with Crippen LogP contribution in [0.5, 0.6) is 0 Å². The van der Waals surface area contributed by atoms with Crippen LogP contribution in [0.3, 0.4) is 0 Å². The van der Waals surface area contributed by atoms with Crippen molar-refractivity contribution < 1.29 is 9.47 Å². The van der Waals surface area contributed by atoms with E-state index in [1.54, 1.807) is 0 Å². The molecule has 0 bridgehead atoms. The van der Waals surface area contributed by atoms with Crippen LogP contribution in [-0.4, -0.2) is 20.0 Å². The van der Waals surface area contributed by atoms with E-state index in [0.717, 1.165) is 13.2 Å². The van der Waals surface area contributed by atoms with Gasteiger partial charge in [-0.05, 0) is 0 Å². The van der Waals surface area contributed by atoms with E-state index in [-0.39, 0.29) is 0 Å². The van der Waals surface area contributed by atoms with Gasteiger partial charge in [0.05, 0.1) is 13.2 Å². The van der Waals surface area contributed by atoms with Gasteiger partial charge in [-0.2, -0.15) is 0 Å². The van der Waals surface area contributed by atoms with Crippen molar-refractivity contribution in [2.45, 2.75) is 41.5 Å². The zero-order valence-corrected chi connectivity index (χ0v) is 8.94. The van der Waals surface area contributed by atoms with Gasteiger partial charge in [0.25, 0.3) is 0 Å². The summed E-state index contributed by atoms with van der Waals surface area (Å²) in [6.07, 6.45) is 0. The Balaban J connectivity index is -0.0000000933. The molecule has 72 valence electrons. The molecule has 1 rings (SSSR count). The topological polar surface area (TPSA) is 18.5 Å². The van der Waals surface area contributed by atoms with Gasteiger partial charge in [0.1, 0.15) is 6.79 Å². The molecule has 1 saturated heterocycles. The van der Waals surface area contributed by atoms with Crippen LogP contribution in [-0.2, 0) is 9.47 Å². The highest BCUT2D eigenvalue weighted by Crippen LogP contribution is 1.85. The van der Waals surface area contributed by atoms with Crippen LogP contribution in [0, 0.1) is 0 Å². The van der Waals surface area contributed by atoms with Crippen molar-refractivity contribution in [1.29, 1.82) is 0 Å². The molecule has 0 radical (unpaired) electrons. The lowest BCUT2D eigenvalue weighted by Crippen LogP contribution is -1.79. The van der Waals surface area contributed by atoms with Gasteiger partial charge in [-0.1, -0.05) is 41.5 Å². The molecule has 0 N–H and O–H groups in total. The second-order valence-corrected chi connectivity index (χ2v) is 0.934. The Morgan fingerprint density at radius 3 is 1.00 bits per heavy atom. The maximum atomic E-state index is 4.72. The largest absolute Gasteiger partial charge is 0.353 e. The normalized spacial score (nSPS) is 12.5. The Morgan fingerprint density at radius 2 is 0.909 bits per heavy atom. The molecule has 0 aromatic carbocycles. The van der Waals surface area contributed by atoms with Crippen LogP contribution in [0.25, 0.3) is 0 Å². The fraction of sp³-hybridized carbons (Fsp3) is 1.00. The molecule has 2 nitrogen and oxygen atoms in total. The number of hydrogen-bond acceptors (Lipinski definition) is 2. The summed E-state index contributed by atoms with van der Waals surface area (Å²) in [7, 11) is 0. The molecule has 2 heteroatoms. The molecule has 1 fully saturated rings. The van der Waals surface area contributed by atoms with Gasteiger partial charge < -0.3 is 9.47 Å². The van der Waals surface area contributed by atoms with Crippen LogP contribution in [0.1, 0.15) is 41.5 Å². The van der Waals surface area contributed by atoms with Crippen molar-refractivity contribution in [2.24, 2.45) is 0 Å². The quantitative estimate of drug-likeness (QED) is 0.548. The van der Waals surface area contributed by atoms with E-state index in [4.69, 9.17) is 9.47 Å². The van der Waals surface area contributed by atoms with Crippen molar-refractivity contribution in [1.82, 2.24) is 0 Å². The second-order valence-electron chi connectivity index (χ2n) is 0.934. The average molecular weight is 164 g/mol. The van der Waals surface area contributed by atoms with E-state index in [9.17, 15) is 0 Å². The summed E-state index contributed by atoms with van der Waals surface area (Å²) in [5.41, 5.74) is 0. The third-order valence-electron chi connectivity index (χ3n) is 0.539. The number of ether oxygens (including phenoxy) is 2. The van der Waals surface area contributed by atoms with Gasteiger partial charge in [-0.25, -0.2) is 0 Å². The van der Waals surface area contributed by atoms with E-state index in [2.05, 4.69) is 0 Å². The van der Waals surface area contributed by atoms with Crippen LogP contribution < -0.4 is 0 Å². The zero-order valence-electron chi connectivity index (χ0n) is 8.94. The first-order valence-corrected chi connectivity index (χ1v) is 4.65. The van der Waals surface area contributed by atoms with Crippen molar-refractivity contribution in [3.8, 4) is 0 Å². The zero-order chi connectivity index (χ0) is 9.54. The Hall–Kier alpha value is -0.0800. The number of hydrogen-bond donors (Lipinski definition) is 0. The minimum atomic E-state index is 0.500. The Bertz CT molecular complexity index is 19.1. The highest BCUT2D eigenvalue weighted by molar-refractivity contribution is 4.28. The van der Waals surface area contributed by atoms with E-state index >= 15 is 0 Å². The summed E-state index contributed by atoms with van der Waals surface area (Å²) in [5.74, 6) is 0. The van der Waals surface area contributed by atoms with Crippen LogP contribution >= 0.6 is 0 Å². The summed E-state index contributed by atoms with van der Waals surface area (Å²) in [6.45, 7) is 14.1. The highest BCUT2D eigenvalue weighted by Gasteiger charge is 1.93. The average Bonchev–Trinajstić information content (AvgIpc) is 2.71. The third-order valence-corrected chi connectivity index (χ3v) is 0.539. The smallest absolute Gasteiger partial charge is 0.146 e. The Morgan fingerprint density at radius 1 is 0.636 bits per heavy atom. The fourth-order valence-corrected chi connectivity index (χ4v) is 0.295. The molecule has 1 aliphatic rings. The minimum absolute atomic E-state index is 0.500. The van der Waals surface area contributed by atoms with Crippen molar-refractivity contribution in [2.75, 3.05) is 20.0 Å². The van der Waals surface area contributed by atoms with Gasteiger partial charge in [0, 0.05) is 0 Å². The summed E-state index contributed by atoms with van der Waals surface area (Å²) in [5, 5.41) is 0. The molecule has 0 aromatic rings. The summed E-state index contributed by atoms with van der Waals surface area (Å²) >= 11 is 0. The van der Waals surface area contributed by atoms with Crippen molar-refractivity contribution >= 4 is 0 Å². The number of rotatable bonds is 0.